The first-order valence-corrected chi connectivity index (χ1v) is 17.4. The van der Waals surface area contributed by atoms with Gasteiger partial charge in [0, 0.05) is 24.0 Å². The van der Waals surface area contributed by atoms with Crippen molar-refractivity contribution in [2.75, 3.05) is 17.4 Å². The van der Waals surface area contributed by atoms with E-state index in [2.05, 4.69) is 21.2 Å². The highest BCUT2D eigenvalue weighted by Gasteiger charge is 2.35. The van der Waals surface area contributed by atoms with E-state index in [4.69, 9.17) is 11.6 Å². The lowest BCUT2D eigenvalue weighted by atomic mass is 10.0. The number of amides is 2. The highest BCUT2D eigenvalue weighted by atomic mass is 79.9. The number of rotatable bonds is 14. The van der Waals surface area contributed by atoms with Crippen LogP contribution in [0.2, 0.25) is 5.02 Å². The summed E-state index contributed by atoms with van der Waals surface area (Å²) in [5.41, 5.74) is 2.72. The van der Waals surface area contributed by atoms with Gasteiger partial charge in [-0.3, -0.25) is 13.9 Å². The molecule has 0 radical (unpaired) electrons. The summed E-state index contributed by atoms with van der Waals surface area (Å²) in [6, 6.07) is 29.0. The number of para-hydroxylation sites is 1. The number of nitrogens with zero attached hydrogens (tertiary/aromatic N) is 2. The molecule has 2 amide bonds. The summed E-state index contributed by atoms with van der Waals surface area (Å²) >= 11 is 10.0. The number of unbranched alkanes of at least 4 members (excludes halogenated alkanes) is 1. The van der Waals surface area contributed by atoms with Gasteiger partial charge in [-0.2, -0.15) is 0 Å². The van der Waals surface area contributed by atoms with Crippen molar-refractivity contribution in [3.8, 4) is 0 Å². The number of sulfonamides is 1. The topological polar surface area (TPSA) is 86.8 Å². The van der Waals surface area contributed by atoms with Crippen LogP contribution in [0, 0.1) is 6.92 Å². The lowest BCUT2D eigenvalue weighted by molar-refractivity contribution is -0.140. The van der Waals surface area contributed by atoms with Gasteiger partial charge < -0.3 is 10.2 Å². The first-order chi connectivity index (χ1) is 21.6. The van der Waals surface area contributed by atoms with Crippen LogP contribution in [0.15, 0.2) is 112 Å². The number of hydrogen-bond donors (Lipinski definition) is 1. The van der Waals surface area contributed by atoms with Crippen LogP contribution in [-0.2, 0) is 32.6 Å². The van der Waals surface area contributed by atoms with Crippen molar-refractivity contribution in [1.29, 1.82) is 0 Å². The highest BCUT2D eigenvalue weighted by Crippen LogP contribution is 2.31. The quantitative estimate of drug-likeness (QED) is 0.141. The van der Waals surface area contributed by atoms with Gasteiger partial charge in [0.2, 0.25) is 11.8 Å². The van der Waals surface area contributed by atoms with E-state index in [1.165, 1.54) is 17.0 Å². The zero-order valence-corrected chi connectivity index (χ0v) is 28.5. The number of aryl methyl sites for hydroxylation is 1. The number of nitrogens with one attached hydrogen (secondary N) is 1. The third-order valence-corrected chi connectivity index (χ3v) is 9.94. The molecule has 0 spiro atoms. The van der Waals surface area contributed by atoms with Gasteiger partial charge in [0.15, 0.2) is 0 Å². The Morgan fingerprint density at radius 2 is 1.56 bits per heavy atom. The standard InChI is InChI=1S/C35H37BrClN3O4S/c1-3-4-21-38-35(42)33(23-27-11-6-5-7-12-27)39(24-28-13-10-14-29(36)22-28)34(41)25-40(32-16-9-8-15-31(32)37)45(43,44)30-19-17-26(2)18-20-30/h5-20,22,33H,3-4,21,23-25H2,1-2H3,(H,38,42)/t33-/m0/s1. The minimum atomic E-state index is -4.23. The lowest BCUT2D eigenvalue weighted by Gasteiger charge is -2.34. The average Bonchev–Trinajstić information content (AvgIpc) is 3.02. The predicted octanol–water partition coefficient (Wildman–Crippen LogP) is 7.16. The summed E-state index contributed by atoms with van der Waals surface area (Å²) in [5, 5.41) is 3.18. The van der Waals surface area contributed by atoms with Crippen LogP contribution in [0.3, 0.4) is 0 Å². The molecule has 0 aliphatic rings. The number of carbonyl (C=O) groups is 2. The Labute approximate surface area is 279 Å². The molecule has 4 aromatic carbocycles. The number of benzene rings is 4. The van der Waals surface area contributed by atoms with E-state index in [1.807, 2.05) is 68.4 Å². The molecule has 0 fully saturated rings. The van der Waals surface area contributed by atoms with Crippen LogP contribution in [0.5, 0.6) is 0 Å². The maximum Gasteiger partial charge on any atom is 0.264 e. The number of halogens is 2. The second-order valence-corrected chi connectivity index (χ2v) is 14.0. The van der Waals surface area contributed by atoms with E-state index >= 15 is 0 Å². The molecule has 0 bridgehead atoms. The van der Waals surface area contributed by atoms with E-state index in [9.17, 15) is 18.0 Å². The van der Waals surface area contributed by atoms with Gasteiger partial charge in [-0.25, -0.2) is 8.42 Å². The smallest absolute Gasteiger partial charge is 0.264 e. The van der Waals surface area contributed by atoms with E-state index in [1.54, 1.807) is 36.4 Å². The Kier molecular flexibility index (Phi) is 12.2. The summed E-state index contributed by atoms with van der Waals surface area (Å²) in [6.07, 6.45) is 1.93. The molecule has 0 aliphatic carbocycles. The van der Waals surface area contributed by atoms with E-state index in [-0.39, 0.29) is 34.5 Å². The summed E-state index contributed by atoms with van der Waals surface area (Å²) in [7, 11) is -4.23. The number of hydrogen-bond acceptors (Lipinski definition) is 4. The van der Waals surface area contributed by atoms with Crippen molar-refractivity contribution in [3.05, 3.63) is 129 Å². The molecular weight excluding hydrogens is 674 g/mol. The first kappa shape index (κ1) is 34.2. The van der Waals surface area contributed by atoms with Crippen molar-refractivity contribution < 1.29 is 18.0 Å². The van der Waals surface area contributed by atoms with Gasteiger partial charge in [0.25, 0.3) is 10.0 Å². The Balaban J connectivity index is 1.80. The van der Waals surface area contributed by atoms with Gasteiger partial charge >= 0.3 is 0 Å². The average molecular weight is 711 g/mol. The summed E-state index contributed by atoms with van der Waals surface area (Å²) in [5.74, 6) is -0.849. The second kappa shape index (κ2) is 16.1. The zero-order chi connectivity index (χ0) is 32.4. The Hall–Kier alpha value is -3.66. The van der Waals surface area contributed by atoms with Crippen LogP contribution >= 0.6 is 27.5 Å². The van der Waals surface area contributed by atoms with Crippen molar-refractivity contribution >= 4 is 55.1 Å². The van der Waals surface area contributed by atoms with E-state index in [0.29, 0.717) is 6.54 Å². The van der Waals surface area contributed by atoms with E-state index in [0.717, 1.165) is 38.3 Å². The minimum absolute atomic E-state index is 0.0255. The summed E-state index contributed by atoms with van der Waals surface area (Å²) < 4.78 is 30.1. The normalized spacial score (nSPS) is 11.9. The molecule has 0 saturated carbocycles. The summed E-state index contributed by atoms with van der Waals surface area (Å²) in [4.78, 5) is 29.8. The molecule has 0 saturated heterocycles. The third-order valence-electron chi connectivity index (χ3n) is 7.35. The highest BCUT2D eigenvalue weighted by molar-refractivity contribution is 9.10. The molecule has 7 nitrogen and oxygen atoms in total. The fraction of sp³-hybridized carbons (Fsp3) is 0.257. The maximum absolute atomic E-state index is 14.5. The Morgan fingerprint density at radius 3 is 2.22 bits per heavy atom. The largest absolute Gasteiger partial charge is 0.354 e. The van der Waals surface area contributed by atoms with Crippen LogP contribution < -0.4 is 9.62 Å². The number of anilines is 1. The molecule has 10 heteroatoms. The molecular formula is C35H37BrClN3O4S. The molecule has 0 aliphatic heterocycles. The van der Waals surface area contributed by atoms with Crippen molar-refractivity contribution in [2.45, 2.75) is 50.6 Å². The summed E-state index contributed by atoms with van der Waals surface area (Å²) in [6.45, 7) is 3.88. The fourth-order valence-corrected chi connectivity index (χ4v) is 7.06. The van der Waals surface area contributed by atoms with Crippen LogP contribution in [0.4, 0.5) is 5.69 Å². The monoisotopic (exact) mass is 709 g/mol. The third kappa shape index (κ3) is 9.19. The molecule has 0 unspecified atom stereocenters. The zero-order valence-electron chi connectivity index (χ0n) is 25.3. The minimum Gasteiger partial charge on any atom is -0.354 e. The van der Waals surface area contributed by atoms with Crippen LogP contribution in [-0.4, -0.2) is 44.3 Å². The Morgan fingerprint density at radius 1 is 0.889 bits per heavy atom. The maximum atomic E-state index is 14.5. The predicted molar refractivity (Wildman–Crippen MR) is 184 cm³/mol. The van der Waals surface area contributed by atoms with Gasteiger partial charge in [-0.1, -0.05) is 113 Å². The fourth-order valence-electron chi connectivity index (χ4n) is 4.90. The van der Waals surface area contributed by atoms with Crippen molar-refractivity contribution in [2.24, 2.45) is 0 Å². The molecule has 4 rings (SSSR count). The SMILES string of the molecule is CCCCNC(=O)[C@H](Cc1ccccc1)N(Cc1cccc(Br)c1)C(=O)CN(c1ccccc1Cl)S(=O)(=O)c1ccc(C)cc1. The number of carbonyl (C=O) groups excluding carboxylic acids is 2. The van der Waals surface area contributed by atoms with Crippen molar-refractivity contribution in [1.82, 2.24) is 10.2 Å². The van der Waals surface area contributed by atoms with E-state index < -0.39 is 28.5 Å². The molecule has 0 aromatic heterocycles. The van der Waals surface area contributed by atoms with Crippen molar-refractivity contribution in [3.63, 3.8) is 0 Å². The first-order valence-electron chi connectivity index (χ1n) is 14.8. The van der Waals surface area contributed by atoms with Gasteiger partial charge in [-0.05, 0) is 60.9 Å². The van der Waals surface area contributed by atoms with Crippen LogP contribution in [0.25, 0.3) is 0 Å². The molecule has 4 aromatic rings. The second-order valence-electron chi connectivity index (χ2n) is 10.8. The molecule has 45 heavy (non-hydrogen) atoms. The van der Waals surface area contributed by atoms with Crippen LogP contribution in [0.1, 0.15) is 36.5 Å². The van der Waals surface area contributed by atoms with Gasteiger partial charge in [0.1, 0.15) is 12.6 Å². The Bertz CT molecular complexity index is 1700. The molecule has 0 heterocycles. The molecule has 1 atom stereocenters. The molecule has 236 valence electrons. The molecule has 1 N–H and O–H groups in total. The van der Waals surface area contributed by atoms with Gasteiger partial charge in [-0.15, -0.1) is 0 Å². The lowest BCUT2D eigenvalue weighted by Crippen LogP contribution is -2.53. The van der Waals surface area contributed by atoms with Gasteiger partial charge in [0.05, 0.1) is 15.6 Å².